The van der Waals surface area contributed by atoms with E-state index < -0.39 is 11.7 Å². The lowest BCUT2D eigenvalue weighted by Gasteiger charge is -2.44. The molecular formula is C20H26N4O3. The van der Waals surface area contributed by atoms with E-state index in [0.717, 1.165) is 24.9 Å². The van der Waals surface area contributed by atoms with E-state index in [0.29, 0.717) is 43.8 Å². The van der Waals surface area contributed by atoms with Crippen LogP contribution in [0.2, 0.25) is 0 Å². The third-order valence-corrected chi connectivity index (χ3v) is 5.66. The van der Waals surface area contributed by atoms with E-state index in [1.54, 1.807) is 10.9 Å². The number of carbonyl (C=O) groups excluding carboxylic acids is 1. The summed E-state index contributed by atoms with van der Waals surface area (Å²) in [5.41, 5.74) is 1.32. The smallest absolute Gasteiger partial charge is 0.222 e. The molecule has 1 N–H and O–H groups in total. The molecule has 7 heteroatoms. The number of aliphatic hydroxyl groups excluding tert-OH is 1. The van der Waals surface area contributed by atoms with Crippen LogP contribution in [0.1, 0.15) is 50.0 Å². The fourth-order valence-corrected chi connectivity index (χ4v) is 4.04. The molecule has 0 radical (unpaired) electrons. The van der Waals surface area contributed by atoms with Gasteiger partial charge in [0.25, 0.3) is 0 Å². The summed E-state index contributed by atoms with van der Waals surface area (Å²) in [5.74, 6) is 0.858. The predicted molar refractivity (Wildman–Crippen MR) is 99.2 cm³/mol. The van der Waals surface area contributed by atoms with Gasteiger partial charge in [0.1, 0.15) is 17.4 Å². The van der Waals surface area contributed by atoms with Crippen LogP contribution in [-0.4, -0.2) is 49.4 Å². The zero-order chi connectivity index (χ0) is 18.9. The number of nitrogens with zero attached hydrogens (tertiary/aromatic N) is 4. The first kappa shape index (κ1) is 18.0. The number of rotatable bonds is 4. The second-order valence-corrected chi connectivity index (χ2v) is 7.48. The molecule has 1 saturated heterocycles. The third kappa shape index (κ3) is 3.69. The summed E-state index contributed by atoms with van der Waals surface area (Å²) in [6.07, 6.45) is 8.03. The monoisotopic (exact) mass is 370 g/mol. The molecule has 0 bridgehead atoms. The summed E-state index contributed by atoms with van der Waals surface area (Å²) < 4.78 is 8.08. The Labute approximate surface area is 159 Å². The number of aryl methyl sites for hydroxylation is 2. The topological polar surface area (TPSA) is 80.5 Å². The maximum Gasteiger partial charge on any atom is 0.222 e. The van der Waals surface area contributed by atoms with Gasteiger partial charge in [-0.2, -0.15) is 5.10 Å². The number of fused-ring (bicyclic) bond motifs is 1. The minimum absolute atomic E-state index is 0.171. The lowest BCUT2D eigenvalue weighted by Crippen LogP contribution is -2.51. The van der Waals surface area contributed by atoms with Gasteiger partial charge in [0.15, 0.2) is 5.75 Å². The highest BCUT2D eigenvalue weighted by Crippen LogP contribution is 2.43. The Hall–Kier alpha value is -2.41. The minimum Gasteiger partial charge on any atom is -0.483 e. The number of pyridine rings is 1. The molecule has 0 aromatic carbocycles. The van der Waals surface area contributed by atoms with Crippen molar-refractivity contribution < 1.29 is 14.6 Å². The maximum atomic E-state index is 12.5. The van der Waals surface area contributed by atoms with Crippen LogP contribution >= 0.6 is 0 Å². The molecule has 2 aromatic rings. The normalized spacial score (nSPS) is 21.0. The Morgan fingerprint density at radius 1 is 1.41 bits per heavy atom. The van der Waals surface area contributed by atoms with Crippen LogP contribution in [0.25, 0.3) is 0 Å². The molecule has 1 amide bonds. The summed E-state index contributed by atoms with van der Waals surface area (Å²) in [6, 6.07) is 3.89. The largest absolute Gasteiger partial charge is 0.483 e. The van der Waals surface area contributed by atoms with Crippen LogP contribution in [0, 0.1) is 0 Å². The number of aromatic nitrogens is 3. The molecule has 2 aliphatic heterocycles. The lowest BCUT2D eigenvalue weighted by molar-refractivity contribution is -0.136. The summed E-state index contributed by atoms with van der Waals surface area (Å²) in [5, 5.41) is 14.9. The van der Waals surface area contributed by atoms with Crippen molar-refractivity contribution in [3.8, 4) is 5.75 Å². The van der Waals surface area contributed by atoms with E-state index in [2.05, 4.69) is 10.1 Å². The molecule has 0 aliphatic carbocycles. The van der Waals surface area contributed by atoms with Gasteiger partial charge in [-0.3, -0.25) is 14.5 Å². The Kier molecular flexibility index (Phi) is 4.86. The molecule has 1 spiro atoms. The Morgan fingerprint density at radius 2 is 2.22 bits per heavy atom. The molecule has 27 heavy (non-hydrogen) atoms. The number of hydrogen-bond donors (Lipinski definition) is 1. The van der Waals surface area contributed by atoms with Crippen molar-refractivity contribution in [2.24, 2.45) is 0 Å². The summed E-state index contributed by atoms with van der Waals surface area (Å²) in [4.78, 5) is 18.6. The Morgan fingerprint density at radius 3 is 2.93 bits per heavy atom. The van der Waals surface area contributed by atoms with Crippen molar-refractivity contribution in [2.45, 2.75) is 57.3 Å². The summed E-state index contributed by atoms with van der Waals surface area (Å²) in [6.45, 7) is 4.08. The van der Waals surface area contributed by atoms with Crippen molar-refractivity contribution >= 4 is 5.91 Å². The zero-order valence-electron chi connectivity index (χ0n) is 15.7. The highest BCUT2D eigenvalue weighted by atomic mass is 16.5. The number of carbonyl (C=O) groups is 1. The van der Waals surface area contributed by atoms with Gasteiger partial charge in [-0.05, 0) is 25.0 Å². The lowest BCUT2D eigenvalue weighted by atomic mass is 9.83. The van der Waals surface area contributed by atoms with Crippen molar-refractivity contribution in [3.05, 3.63) is 42.0 Å². The first-order chi connectivity index (χ1) is 13.1. The molecule has 0 saturated carbocycles. The molecule has 4 heterocycles. The van der Waals surface area contributed by atoms with Gasteiger partial charge in [-0.1, -0.05) is 6.07 Å². The Balaban J connectivity index is 1.35. The number of amides is 1. The van der Waals surface area contributed by atoms with Crippen LogP contribution in [0.15, 0.2) is 30.7 Å². The van der Waals surface area contributed by atoms with E-state index in [9.17, 15) is 9.90 Å². The van der Waals surface area contributed by atoms with Gasteiger partial charge in [0, 0.05) is 57.7 Å². The zero-order valence-corrected chi connectivity index (χ0v) is 15.7. The van der Waals surface area contributed by atoms with E-state index in [-0.39, 0.29) is 5.91 Å². The van der Waals surface area contributed by atoms with Crippen molar-refractivity contribution in [3.63, 3.8) is 0 Å². The van der Waals surface area contributed by atoms with Gasteiger partial charge in [0.2, 0.25) is 5.91 Å². The van der Waals surface area contributed by atoms with Crippen LogP contribution < -0.4 is 4.74 Å². The molecule has 1 unspecified atom stereocenters. The SMILES string of the molecule is CCn1cc2c(n1)C(O)CC1(CCN(C(=O)CCc3cccnc3)CC1)O2. The standard InChI is InChI=1S/C20H26N4O3/c1-2-24-14-17-19(22-24)16(25)12-20(27-17)7-10-23(11-8-20)18(26)6-5-15-4-3-9-21-13-15/h3-4,9,13-14,16,25H,2,5-8,10-12H2,1H3. The Bertz CT molecular complexity index is 797. The number of ether oxygens (including phenoxy) is 1. The first-order valence-corrected chi connectivity index (χ1v) is 9.70. The number of hydrogen-bond acceptors (Lipinski definition) is 5. The van der Waals surface area contributed by atoms with Gasteiger partial charge in [0.05, 0.1) is 6.20 Å². The average Bonchev–Trinajstić information content (AvgIpc) is 3.11. The quantitative estimate of drug-likeness (QED) is 0.892. The summed E-state index contributed by atoms with van der Waals surface area (Å²) >= 11 is 0. The average molecular weight is 370 g/mol. The number of piperidine rings is 1. The van der Waals surface area contributed by atoms with Crippen molar-refractivity contribution in [1.29, 1.82) is 0 Å². The predicted octanol–water partition coefficient (Wildman–Crippen LogP) is 2.11. The molecule has 2 aliphatic rings. The highest BCUT2D eigenvalue weighted by molar-refractivity contribution is 5.76. The van der Waals surface area contributed by atoms with Crippen molar-refractivity contribution in [2.75, 3.05) is 13.1 Å². The second kappa shape index (κ2) is 7.31. The third-order valence-electron chi connectivity index (χ3n) is 5.66. The van der Waals surface area contributed by atoms with E-state index >= 15 is 0 Å². The van der Waals surface area contributed by atoms with E-state index in [4.69, 9.17) is 4.74 Å². The molecule has 4 rings (SSSR count). The van der Waals surface area contributed by atoms with Crippen LogP contribution in [0.3, 0.4) is 0 Å². The molecule has 144 valence electrons. The van der Waals surface area contributed by atoms with Gasteiger partial charge >= 0.3 is 0 Å². The fraction of sp³-hybridized carbons (Fsp3) is 0.550. The second-order valence-electron chi connectivity index (χ2n) is 7.48. The van der Waals surface area contributed by atoms with Crippen LogP contribution in [0.5, 0.6) is 5.75 Å². The van der Waals surface area contributed by atoms with Gasteiger partial charge in [-0.15, -0.1) is 0 Å². The van der Waals surface area contributed by atoms with Gasteiger partial charge < -0.3 is 14.7 Å². The number of aliphatic hydroxyl groups is 1. The number of likely N-dealkylation sites (tertiary alicyclic amines) is 1. The van der Waals surface area contributed by atoms with E-state index in [1.165, 1.54) is 0 Å². The minimum atomic E-state index is -0.602. The van der Waals surface area contributed by atoms with Crippen LogP contribution in [0.4, 0.5) is 0 Å². The van der Waals surface area contributed by atoms with Gasteiger partial charge in [-0.25, -0.2) is 0 Å². The maximum absolute atomic E-state index is 12.5. The molecular weight excluding hydrogens is 344 g/mol. The highest BCUT2D eigenvalue weighted by Gasteiger charge is 2.44. The molecule has 2 aromatic heterocycles. The first-order valence-electron chi connectivity index (χ1n) is 9.70. The molecule has 7 nitrogen and oxygen atoms in total. The fourth-order valence-electron chi connectivity index (χ4n) is 4.04. The van der Waals surface area contributed by atoms with E-state index in [1.807, 2.05) is 36.4 Å². The summed E-state index contributed by atoms with van der Waals surface area (Å²) in [7, 11) is 0. The molecule has 1 atom stereocenters. The van der Waals surface area contributed by atoms with Crippen LogP contribution in [-0.2, 0) is 17.8 Å². The van der Waals surface area contributed by atoms with Crippen molar-refractivity contribution in [1.82, 2.24) is 19.7 Å². The molecule has 1 fully saturated rings.